The molecule has 0 aromatic heterocycles. The molecule has 0 bridgehead atoms. The molecule has 0 aliphatic heterocycles. The summed E-state index contributed by atoms with van der Waals surface area (Å²) >= 11 is 0. The van der Waals surface area contributed by atoms with E-state index in [9.17, 15) is 9.59 Å². The van der Waals surface area contributed by atoms with Crippen LogP contribution in [0.1, 0.15) is 19.4 Å². The monoisotopic (exact) mass is 233 g/mol. The average Bonchev–Trinajstić information content (AvgIpc) is 2.26. The molecule has 0 saturated carbocycles. The van der Waals surface area contributed by atoms with Crippen molar-refractivity contribution in [3.8, 4) is 0 Å². The molecule has 0 spiro atoms. The second-order valence-corrected chi connectivity index (χ2v) is 3.49. The summed E-state index contributed by atoms with van der Waals surface area (Å²) in [6, 6.07) is 7.17. The molecule has 1 rings (SSSR count). The van der Waals surface area contributed by atoms with E-state index in [2.05, 4.69) is 5.32 Å². The van der Waals surface area contributed by atoms with Crippen molar-refractivity contribution in [2.75, 3.05) is 5.32 Å². The number of esters is 1. The third-order valence-electron chi connectivity index (χ3n) is 1.93. The van der Waals surface area contributed by atoms with Gasteiger partial charge in [-0.15, -0.1) is 0 Å². The van der Waals surface area contributed by atoms with Gasteiger partial charge in [-0.25, -0.2) is 4.79 Å². The van der Waals surface area contributed by atoms with Gasteiger partial charge in [-0.3, -0.25) is 4.79 Å². The van der Waals surface area contributed by atoms with Crippen LogP contribution >= 0.6 is 0 Å². The molecular formula is C13H15NO3. The van der Waals surface area contributed by atoms with Gasteiger partial charge in [-0.2, -0.15) is 0 Å². The van der Waals surface area contributed by atoms with Crippen LogP contribution in [0.2, 0.25) is 0 Å². The molecule has 0 radical (unpaired) electrons. The first kappa shape index (κ1) is 13.0. The summed E-state index contributed by atoms with van der Waals surface area (Å²) in [5.41, 5.74) is 1.52. The Morgan fingerprint density at radius 2 is 2.18 bits per heavy atom. The fourth-order valence-corrected chi connectivity index (χ4v) is 1.28. The number of benzene rings is 1. The van der Waals surface area contributed by atoms with Crippen molar-refractivity contribution in [3.05, 3.63) is 42.0 Å². The molecule has 0 atom stereocenters. The summed E-state index contributed by atoms with van der Waals surface area (Å²) in [6.45, 7) is 3.38. The maximum atomic E-state index is 11.1. The lowest BCUT2D eigenvalue weighted by Crippen LogP contribution is -2.06. The number of carbonyl (C=O) groups is 2. The molecule has 0 unspecified atom stereocenters. The quantitative estimate of drug-likeness (QED) is 0.641. The Labute approximate surface area is 100 Å². The van der Waals surface area contributed by atoms with E-state index in [0.29, 0.717) is 5.69 Å². The second-order valence-electron chi connectivity index (χ2n) is 3.49. The minimum Gasteiger partial charge on any atom is -0.458 e. The number of anilines is 1. The molecule has 4 nitrogen and oxygen atoms in total. The average molecular weight is 233 g/mol. The second kappa shape index (κ2) is 6.48. The van der Waals surface area contributed by atoms with Crippen LogP contribution in [0.3, 0.4) is 0 Å². The van der Waals surface area contributed by atoms with Crippen molar-refractivity contribution in [2.24, 2.45) is 0 Å². The van der Waals surface area contributed by atoms with Gasteiger partial charge in [0.2, 0.25) is 5.91 Å². The molecule has 1 amide bonds. The van der Waals surface area contributed by atoms with Crippen molar-refractivity contribution in [1.82, 2.24) is 0 Å². The Morgan fingerprint density at radius 1 is 1.41 bits per heavy atom. The van der Waals surface area contributed by atoms with E-state index < -0.39 is 0 Å². The third-order valence-corrected chi connectivity index (χ3v) is 1.93. The molecule has 17 heavy (non-hydrogen) atoms. The predicted octanol–water partition coefficient (Wildman–Crippen LogP) is 2.26. The van der Waals surface area contributed by atoms with Gasteiger partial charge < -0.3 is 10.1 Å². The fourth-order valence-electron chi connectivity index (χ4n) is 1.28. The minimum atomic E-state index is -0.377. The molecular weight excluding hydrogens is 218 g/mol. The Balaban J connectivity index is 2.59. The smallest absolute Gasteiger partial charge is 0.330 e. The summed E-state index contributed by atoms with van der Waals surface area (Å²) < 4.78 is 4.99. The van der Waals surface area contributed by atoms with E-state index in [4.69, 9.17) is 4.74 Å². The van der Waals surface area contributed by atoms with Crippen LogP contribution in [0, 0.1) is 0 Å². The molecule has 1 aromatic carbocycles. The van der Waals surface area contributed by atoms with Gasteiger partial charge in [-0.1, -0.05) is 18.2 Å². The lowest BCUT2D eigenvalue weighted by molar-refractivity contribution is -0.139. The summed E-state index contributed by atoms with van der Waals surface area (Å²) in [4.78, 5) is 22.0. The highest BCUT2D eigenvalue weighted by Gasteiger charge is 2.00. The van der Waals surface area contributed by atoms with E-state index in [1.54, 1.807) is 31.2 Å². The summed E-state index contributed by atoms with van der Waals surface area (Å²) in [6.07, 6.45) is 2.98. The van der Waals surface area contributed by atoms with Crippen molar-refractivity contribution in [1.29, 1.82) is 0 Å². The van der Waals surface area contributed by atoms with Gasteiger partial charge in [-0.05, 0) is 24.6 Å². The van der Waals surface area contributed by atoms with E-state index in [0.717, 1.165) is 5.56 Å². The maximum absolute atomic E-state index is 11.1. The number of allylic oxidation sites excluding steroid dienone is 1. The zero-order valence-corrected chi connectivity index (χ0v) is 9.90. The van der Waals surface area contributed by atoms with Gasteiger partial charge in [0.15, 0.2) is 0 Å². The number of nitrogens with one attached hydrogen (secondary N) is 1. The maximum Gasteiger partial charge on any atom is 0.330 e. The van der Waals surface area contributed by atoms with Gasteiger partial charge in [0.05, 0.1) is 0 Å². The van der Waals surface area contributed by atoms with E-state index in [1.165, 1.54) is 13.0 Å². The van der Waals surface area contributed by atoms with Crippen LogP contribution in [0.25, 0.3) is 0 Å². The lowest BCUT2D eigenvalue weighted by Gasteiger charge is -2.05. The van der Waals surface area contributed by atoms with Crippen molar-refractivity contribution >= 4 is 17.6 Å². The summed E-state index contributed by atoms with van der Waals surface area (Å²) in [5, 5.41) is 2.66. The van der Waals surface area contributed by atoms with Crippen LogP contribution in [-0.4, -0.2) is 11.9 Å². The van der Waals surface area contributed by atoms with Crippen LogP contribution in [0.4, 0.5) is 5.69 Å². The number of hydrogen-bond acceptors (Lipinski definition) is 3. The molecule has 0 saturated heterocycles. The van der Waals surface area contributed by atoms with Gasteiger partial charge in [0.25, 0.3) is 0 Å². The van der Waals surface area contributed by atoms with Crippen LogP contribution in [0.5, 0.6) is 0 Å². The Hall–Kier alpha value is -2.10. The number of ether oxygens (including phenoxy) is 1. The molecule has 4 heteroatoms. The molecule has 0 heterocycles. The molecule has 0 aliphatic rings. The van der Waals surface area contributed by atoms with Gasteiger partial charge >= 0.3 is 5.97 Å². The van der Waals surface area contributed by atoms with Crippen LogP contribution in [-0.2, 0) is 20.9 Å². The number of rotatable bonds is 4. The first-order valence-corrected chi connectivity index (χ1v) is 5.28. The summed E-state index contributed by atoms with van der Waals surface area (Å²) in [7, 11) is 0. The normalized spacial score (nSPS) is 10.2. The van der Waals surface area contributed by atoms with Crippen molar-refractivity contribution < 1.29 is 14.3 Å². The highest BCUT2D eigenvalue weighted by molar-refractivity contribution is 5.88. The number of carbonyl (C=O) groups excluding carboxylic acids is 2. The standard InChI is InChI=1S/C13H15NO3/c1-3-5-13(16)17-9-11-6-4-7-12(8-11)14-10(2)15/h3-8H,9H2,1-2H3,(H,14,15). The largest absolute Gasteiger partial charge is 0.458 e. The Kier molecular flexibility index (Phi) is 4.94. The number of amides is 1. The summed E-state index contributed by atoms with van der Waals surface area (Å²) in [5.74, 6) is -0.509. The molecule has 1 N–H and O–H groups in total. The highest BCUT2D eigenvalue weighted by Crippen LogP contribution is 2.11. The van der Waals surface area contributed by atoms with E-state index in [-0.39, 0.29) is 18.5 Å². The Morgan fingerprint density at radius 3 is 2.82 bits per heavy atom. The van der Waals surface area contributed by atoms with Crippen LogP contribution in [0.15, 0.2) is 36.4 Å². The van der Waals surface area contributed by atoms with Gasteiger partial charge in [0.1, 0.15) is 6.61 Å². The van der Waals surface area contributed by atoms with Gasteiger partial charge in [0, 0.05) is 18.7 Å². The van der Waals surface area contributed by atoms with E-state index in [1.807, 2.05) is 6.07 Å². The third kappa shape index (κ3) is 4.97. The van der Waals surface area contributed by atoms with Crippen molar-refractivity contribution in [3.63, 3.8) is 0 Å². The lowest BCUT2D eigenvalue weighted by atomic mass is 10.2. The minimum absolute atomic E-state index is 0.131. The number of hydrogen-bond donors (Lipinski definition) is 1. The first-order valence-electron chi connectivity index (χ1n) is 5.28. The Bertz CT molecular complexity index is 438. The highest BCUT2D eigenvalue weighted by atomic mass is 16.5. The zero-order valence-electron chi connectivity index (χ0n) is 9.90. The molecule has 90 valence electrons. The SMILES string of the molecule is CC=CC(=O)OCc1cccc(NC(C)=O)c1. The van der Waals surface area contributed by atoms with Crippen LogP contribution < -0.4 is 5.32 Å². The topological polar surface area (TPSA) is 55.4 Å². The molecule has 0 aliphatic carbocycles. The van der Waals surface area contributed by atoms with Crippen molar-refractivity contribution in [2.45, 2.75) is 20.5 Å². The molecule has 0 fully saturated rings. The molecule has 1 aromatic rings. The first-order chi connectivity index (χ1) is 8.11. The predicted molar refractivity (Wildman–Crippen MR) is 65.4 cm³/mol. The fraction of sp³-hybridized carbons (Fsp3) is 0.231. The van der Waals surface area contributed by atoms with E-state index >= 15 is 0 Å². The zero-order chi connectivity index (χ0) is 12.7.